The molecule has 7 nitrogen and oxygen atoms in total. The average Bonchev–Trinajstić information content (AvgIpc) is 2.79. The van der Waals surface area contributed by atoms with Crippen molar-refractivity contribution in [3.63, 3.8) is 0 Å². The number of nitrogens with one attached hydrogen (secondary N) is 2. The molecule has 9 heteroatoms. The fourth-order valence-corrected chi connectivity index (χ4v) is 3.37. The Labute approximate surface area is 204 Å². The first kappa shape index (κ1) is 26.3. The molecule has 0 aliphatic carbocycles. The Hall–Kier alpha value is -3.00. The minimum atomic E-state index is -0.413. The van der Waals surface area contributed by atoms with Gasteiger partial charge >= 0.3 is 0 Å². The summed E-state index contributed by atoms with van der Waals surface area (Å²) >= 11 is 6.47. The highest BCUT2D eigenvalue weighted by Crippen LogP contribution is 2.37. The first-order valence-electron chi connectivity index (χ1n) is 10.2. The van der Waals surface area contributed by atoms with Crippen LogP contribution < -0.4 is 20.1 Å². The molecule has 0 heterocycles. The van der Waals surface area contributed by atoms with Gasteiger partial charge in [0.25, 0.3) is 5.69 Å². The third-order valence-corrected chi connectivity index (χ3v) is 5.11. The quantitative estimate of drug-likeness (QED) is 0.201. The predicted octanol–water partition coefficient (Wildman–Crippen LogP) is 5.77. The van der Waals surface area contributed by atoms with Gasteiger partial charge < -0.3 is 20.1 Å². The number of methoxy groups -OCH3 is 1. The standard InChI is InChI=1S/C24H26ClN3O4.ClH/c1-17-3-5-18(6-4-17)16-32-24-22(25)13-19(14-23(24)31-2)15-26-11-12-27-20-7-9-21(10-8-20)28(29)30;/h3-10,13-14,26-27H,11-12,15-16H2,1-2H3;1H. The van der Waals surface area contributed by atoms with Crippen molar-refractivity contribution in [3.05, 3.63) is 92.5 Å². The molecule has 0 unspecified atom stereocenters. The highest BCUT2D eigenvalue weighted by atomic mass is 35.5. The Morgan fingerprint density at radius 3 is 2.33 bits per heavy atom. The van der Waals surface area contributed by atoms with Gasteiger partial charge in [0.15, 0.2) is 11.5 Å². The highest BCUT2D eigenvalue weighted by molar-refractivity contribution is 6.32. The van der Waals surface area contributed by atoms with E-state index < -0.39 is 4.92 Å². The van der Waals surface area contributed by atoms with Crippen molar-refractivity contribution in [2.75, 3.05) is 25.5 Å². The van der Waals surface area contributed by atoms with E-state index in [1.165, 1.54) is 17.7 Å². The minimum absolute atomic E-state index is 0. The lowest BCUT2D eigenvalue weighted by molar-refractivity contribution is -0.384. The van der Waals surface area contributed by atoms with Crippen LogP contribution >= 0.6 is 24.0 Å². The number of aryl methyl sites for hydroxylation is 1. The Kier molecular flexibility index (Phi) is 10.3. The zero-order valence-electron chi connectivity index (χ0n) is 18.5. The summed E-state index contributed by atoms with van der Waals surface area (Å²) in [4.78, 5) is 10.3. The molecule has 0 amide bonds. The normalized spacial score (nSPS) is 10.3. The molecular weight excluding hydrogens is 465 g/mol. The van der Waals surface area contributed by atoms with Crippen molar-refractivity contribution in [2.45, 2.75) is 20.1 Å². The molecule has 0 aromatic heterocycles. The van der Waals surface area contributed by atoms with E-state index in [1.54, 1.807) is 19.2 Å². The van der Waals surface area contributed by atoms with Gasteiger partial charge in [-0.3, -0.25) is 10.1 Å². The number of nitro groups is 1. The molecule has 3 aromatic rings. The van der Waals surface area contributed by atoms with Gasteiger partial charge in [0.1, 0.15) is 6.61 Å². The fraction of sp³-hybridized carbons (Fsp3) is 0.250. The zero-order chi connectivity index (χ0) is 22.9. The van der Waals surface area contributed by atoms with E-state index in [-0.39, 0.29) is 18.1 Å². The monoisotopic (exact) mass is 491 g/mol. The molecule has 0 aliphatic heterocycles. The van der Waals surface area contributed by atoms with Crippen molar-refractivity contribution in [3.8, 4) is 11.5 Å². The molecule has 0 fully saturated rings. The Morgan fingerprint density at radius 1 is 1.00 bits per heavy atom. The number of nitro benzene ring substituents is 1. The maximum Gasteiger partial charge on any atom is 0.269 e. The maximum absolute atomic E-state index is 10.7. The number of anilines is 1. The van der Waals surface area contributed by atoms with Crippen LogP contribution in [0.2, 0.25) is 5.02 Å². The fourth-order valence-electron chi connectivity index (χ4n) is 3.08. The SMILES string of the molecule is COc1cc(CNCCNc2ccc([N+](=O)[O-])cc2)cc(Cl)c1OCc1ccc(C)cc1.Cl. The largest absolute Gasteiger partial charge is 0.493 e. The second-order valence-electron chi connectivity index (χ2n) is 7.29. The molecule has 0 aliphatic rings. The lowest BCUT2D eigenvalue weighted by atomic mass is 10.1. The van der Waals surface area contributed by atoms with Gasteiger partial charge in [0.05, 0.1) is 17.1 Å². The number of benzene rings is 3. The molecule has 2 N–H and O–H groups in total. The molecule has 176 valence electrons. The van der Waals surface area contributed by atoms with Crippen LogP contribution in [0.3, 0.4) is 0 Å². The van der Waals surface area contributed by atoms with Crippen molar-refractivity contribution in [1.29, 1.82) is 0 Å². The van der Waals surface area contributed by atoms with Gasteiger partial charge in [-0.05, 0) is 42.3 Å². The van der Waals surface area contributed by atoms with Gasteiger partial charge in [-0.15, -0.1) is 12.4 Å². The number of nitrogens with zero attached hydrogens (tertiary/aromatic N) is 1. The molecule has 0 atom stereocenters. The summed E-state index contributed by atoms with van der Waals surface area (Å²) in [5, 5.41) is 17.8. The molecule has 0 saturated heterocycles. The van der Waals surface area contributed by atoms with Crippen LogP contribution in [0.15, 0.2) is 60.7 Å². The Balaban J connectivity index is 0.00000385. The van der Waals surface area contributed by atoms with E-state index in [9.17, 15) is 10.1 Å². The summed E-state index contributed by atoms with van der Waals surface area (Å²) in [6.45, 7) is 4.42. The lowest BCUT2D eigenvalue weighted by Gasteiger charge is -2.15. The zero-order valence-corrected chi connectivity index (χ0v) is 20.0. The van der Waals surface area contributed by atoms with Crippen LogP contribution in [0, 0.1) is 17.0 Å². The molecule has 33 heavy (non-hydrogen) atoms. The smallest absolute Gasteiger partial charge is 0.269 e. The number of hydrogen-bond donors (Lipinski definition) is 2. The molecule has 0 bridgehead atoms. The highest BCUT2D eigenvalue weighted by Gasteiger charge is 2.12. The van der Waals surface area contributed by atoms with Crippen molar-refractivity contribution in [1.82, 2.24) is 5.32 Å². The van der Waals surface area contributed by atoms with Crippen LogP contribution in [-0.4, -0.2) is 25.1 Å². The first-order chi connectivity index (χ1) is 15.5. The second kappa shape index (κ2) is 12.9. The predicted molar refractivity (Wildman–Crippen MR) is 134 cm³/mol. The van der Waals surface area contributed by atoms with Gasteiger partial charge in [0.2, 0.25) is 0 Å². The van der Waals surface area contributed by atoms with E-state index in [0.29, 0.717) is 42.8 Å². The van der Waals surface area contributed by atoms with E-state index in [2.05, 4.69) is 10.6 Å². The number of hydrogen-bond acceptors (Lipinski definition) is 6. The van der Waals surface area contributed by atoms with Gasteiger partial charge in [-0.25, -0.2) is 0 Å². The molecule has 0 radical (unpaired) electrons. The number of ether oxygens (including phenoxy) is 2. The summed E-state index contributed by atoms with van der Waals surface area (Å²) in [7, 11) is 1.59. The summed E-state index contributed by atoms with van der Waals surface area (Å²) in [6, 6.07) is 18.3. The van der Waals surface area contributed by atoms with Crippen LogP contribution in [-0.2, 0) is 13.2 Å². The topological polar surface area (TPSA) is 85.7 Å². The molecule has 3 rings (SSSR count). The first-order valence-corrected chi connectivity index (χ1v) is 10.6. The Bertz CT molecular complexity index is 1040. The Morgan fingerprint density at radius 2 is 1.70 bits per heavy atom. The summed E-state index contributed by atoms with van der Waals surface area (Å²) in [5.74, 6) is 1.11. The van der Waals surface area contributed by atoms with Gasteiger partial charge in [0, 0.05) is 37.5 Å². The van der Waals surface area contributed by atoms with Crippen molar-refractivity contribution >= 4 is 35.4 Å². The van der Waals surface area contributed by atoms with Crippen LogP contribution in [0.5, 0.6) is 11.5 Å². The maximum atomic E-state index is 10.7. The van der Waals surface area contributed by atoms with E-state index in [4.69, 9.17) is 21.1 Å². The third-order valence-electron chi connectivity index (χ3n) is 4.83. The minimum Gasteiger partial charge on any atom is -0.493 e. The van der Waals surface area contributed by atoms with E-state index >= 15 is 0 Å². The van der Waals surface area contributed by atoms with E-state index in [1.807, 2.05) is 43.3 Å². The molecule has 0 saturated carbocycles. The number of non-ortho nitro benzene ring substituents is 1. The summed E-state index contributed by atoms with van der Waals surface area (Å²) in [6.07, 6.45) is 0. The van der Waals surface area contributed by atoms with E-state index in [0.717, 1.165) is 16.8 Å². The van der Waals surface area contributed by atoms with Crippen LogP contribution in [0.1, 0.15) is 16.7 Å². The van der Waals surface area contributed by atoms with Crippen LogP contribution in [0.25, 0.3) is 0 Å². The van der Waals surface area contributed by atoms with Crippen LogP contribution in [0.4, 0.5) is 11.4 Å². The second-order valence-corrected chi connectivity index (χ2v) is 7.70. The third kappa shape index (κ3) is 7.82. The lowest BCUT2D eigenvalue weighted by Crippen LogP contribution is -2.21. The van der Waals surface area contributed by atoms with Crippen molar-refractivity contribution in [2.24, 2.45) is 0 Å². The molecule has 3 aromatic carbocycles. The van der Waals surface area contributed by atoms with Gasteiger partial charge in [-0.1, -0.05) is 41.4 Å². The van der Waals surface area contributed by atoms with Gasteiger partial charge in [-0.2, -0.15) is 0 Å². The number of halogens is 2. The average molecular weight is 492 g/mol. The number of rotatable bonds is 11. The summed E-state index contributed by atoms with van der Waals surface area (Å²) in [5.41, 5.74) is 4.14. The summed E-state index contributed by atoms with van der Waals surface area (Å²) < 4.78 is 11.4. The van der Waals surface area contributed by atoms with Crippen molar-refractivity contribution < 1.29 is 14.4 Å². The molecule has 0 spiro atoms. The molecular formula is C24H27Cl2N3O4.